The van der Waals surface area contributed by atoms with Gasteiger partial charge in [-0.05, 0) is 32.7 Å². The van der Waals surface area contributed by atoms with Crippen molar-refractivity contribution in [2.75, 3.05) is 25.0 Å². The molecule has 0 spiro atoms. The third-order valence-electron chi connectivity index (χ3n) is 3.25. The minimum atomic E-state index is -0.309. The lowest BCUT2D eigenvalue weighted by Crippen LogP contribution is -2.32. The molecule has 0 aliphatic carbocycles. The Labute approximate surface area is 106 Å². The van der Waals surface area contributed by atoms with E-state index >= 15 is 0 Å². The maximum Gasteiger partial charge on any atom is 0.239 e. The van der Waals surface area contributed by atoms with Crippen LogP contribution in [0.1, 0.15) is 19.1 Å². The van der Waals surface area contributed by atoms with Crippen molar-refractivity contribution in [2.24, 2.45) is 5.92 Å². The fraction of sp³-hybridized carbons (Fsp3) is 0.667. The standard InChI is InChI=1S/C12H19N3O3/c1-8-5-11(14-18-8)13-12(17)7-15-4-3-10(6-15)9(2)16/h5,9-10,16H,3-4,6-7H2,1-2H3,(H,13,14,17). The van der Waals surface area contributed by atoms with Crippen molar-refractivity contribution in [1.82, 2.24) is 10.1 Å². The third-order valence-corrected chi connectivity index (χ3v) is 3.25. The van der Waals surface area contributed by atoms with E-state index in [1.807, 2.05) is 4.90 Å². The van der Waals surface area contributed by atoms with E-state index in [1.54, 1.807) is 19.9 Å². The predicted molar refractivity (Wildman–Crippen MR) is 66.1 cm³/mol. The van der Waals surface area contributed by atoms with Gasteiger partial charge in [0, 0.05) is 12.6 Å². The van der Waals surface area contributed by atoms with E-state index in [1.165, 1.54) is 0 Å². The Kier molecular flexibility index (Phi) is 3.98. The van der Waals surface area contributed by atoms with E-state index < -0.39 is 0 Å². The van der Waals surface area contributed by atoms with Crippen LogP contribution in [0.15, 0.2) is 10.6 Å². The topological polar surface area (TPSA) is 78.6 Å². The molecule has 0 bridgehead atoms. The van der Waals surface area contributed by atoms with Gasteiger partial charge in [0.25, 0.3) is 0 Å². The van der Waals surface area contributed by atoms with Gasteiger partial charge in [-0.3, -0.25) is 9.69 Å². The number of likely N-dealkylation sites (tertiary alicyclic amines) is 1. The number of anilines is 1. The molecular formula is C12H19N3O3. The molecule has 1 aromatic rings. The summed E-state index contributed by atoms with van der Waals surface area (Å²) in [6.45, 7) is 5.52. The average Bonchev–Trinajstić information content (AvgIpc) is 2.88. The molecule has 2 unspecified atom stereocenters. The molecule has 0 aromatic carbocycles. The predicted octanol–water partition coefficient (Wildman–Crippen LogP) is 0.624. The normalized spacial score (nSPS) is 22.1. The minimum absolute atomic E-state index is 0.102. The zero-order valence-corrected chi connectivity index (χ0v) is 10.7. The Balaban J connectivity index is 1.78. The lowest BCUT2D eigenvalue weighted by molar-refractivity contribution is -0.117. The van der Waals surface area contributed by atoms with Crippen LogP contribution in [0, 0.1) is 12.8 Å². The highest BCUT2D eigenvalue weighted by Gasteiger charge is 2.27. The van der Waals surface area contributed by atoms with Crippen molar-refractivity contribution in [3.05, 3.63) is 11.8 Å². The maximum atomic E-state index is 11.8. The summed E-state index contributed by atoms with van der Waals surface area (Å²) in [5.74, 6) is 1.28. The molecule has 18 heavy (non-hydrogen) atoms. The van der Waals surface area contributed by atoms with Crippen molar-refractivity contribution in [3.63, 3.8) is 0 Å². The quantitative estimate of drug-likeness (QED) is 0.822. The van der Waals surface area contributed by atoms with Crippen molar-refractivity contribution in [3.8, 4) is 0 Å². The number of nitrogens with one attached hydrogen (secondary N) is 1. The number of carbonyl (C=O) groups excluding carboxylic acids is 1. The van der Waals surface area contributed by atoms with E-state index in [9.17, 15) is 9.90 Å². The van der Waals surface area contributed by atoms with Crippen molar-refractivity contribution in [1.29, 1.82) is 0 Å². The number of amides is 1. The van der Waals surface area contributed by atoms with E-state index in [0.717, 1.165) is 19.5 Å². The Hall–Kier alpha value is -1.40. The summed E-state index contributed by atoms with van der Waals surface area (Å²) < 4.78 is 4.87. The van der Waals surface area contributed by atoms with Crippen LogP contribution in [0.4, 0.5) is 5.82 Å². The zero-order chi connectivity index (χ0) is 13.1. The van der Waals surface area contributed by atoms with Gasteiger partial charge in [-0.15, -0.1) is 0 Å². The van der Waals surface area contributed by atoms with Crippen molar-refractivity contribution < 1.29 is 14.4 Å². The molecule has 6 nitrogen and oxygen atoms in total. The first-order valence-corrected chi connectivity index (χ1v) is 6.18. The van der Waals surface area contributed by atoms with E-state index in [0.29, 0.717) is 18.1 Å². The largest absolute Gasteiger partial charge is 0.393 e. The lowest BCUT2D eigenvalue weighted by Gasteiger charge is -2.16. The fourth-order valence-electron chi connectivity index (χ4n) is 2.21. The molecule has 1 aliphatic rings. The van der Waals surface area contributed by atoms with Crippen LogP contribution in [0.2, 0.25) is 0 Å². The first kappa shape index (κ1) is 13.0. The van der Waals surface area contributed by atoms with Crippen molar-refractivity contribution in [2.45, 2.75) is 26.4 Å². The number of rotatable bonds is 4. The van der Waals surface area contributed by atoms with Gasteiger partial charge in [0.05, 0.1) is 12.6 Å². The van der Waals surface area contributed by atoms with Crippen LogP contribution >= 0.6 is 0 Å². The van der Waals surface area contributed by atoms with Crippen LogP contribution < -0.4 is 5.32 Å². The van der Waals surface area contributed by atoms with Crippen LogP contribution in [-0.4, -0.2) is 46.8 Å². The average molecular weight is 253 g/mol. The highest BCUT2D eigenvalue weighted by Crippen LogP contribution is 2.19. The molecule has 1 saturated heterocycles. The van der Waals surface area contributed by atoms with Crippen molar-refractivity contribution >= 4 is 11.7 Å². The Morgan fingerprint density at radius 2 is 2.56 bits per heavy atom. The van der Waals surface area contributed by atoms with Crippen LogP contribution in [-0.2, 0) is 4.79 Å². The molecule has 2 heterocycles. The molecule has 100 valence electrons. The first-order valence-electron chi connectivity index (χ1n) is 6.18. The van der Waals surface area contributed by atoms with Gasteiger partial charge in [-0.25, -0.2) is 0 Å². The molecule has 1 amide bonds. The minimum Gasteiger partial charge on any atom is -0.393 e. The second-order valence-electron chi connectivity index (χ2n) is 4.90. The van der Waals surface area contributed by atoms with Gasteiger partial charge in [0.15, 0.2) is 5.82 Å². The van der Waals surface area contributed by atoms with Gasteiger partial charge in [-0.2, -0.15) is 0 Å². The monoisotopic (exact) mass is 253 g/mol. The molecule has 0 radical (unpaired) electrons. The molecule has 2 atom stereocenters. The summed E-state index contributed by atoms with van der Waals surface area (Å²) in [6.07, 6.45) is 0.629. The SMILES string of the molecule is Cc1cc(NC(=O)CN2CCC(C(C)O)C2)no1. The first-order chi connectivity index (χ1) is 8.54. The number of aliphatic hydroxyl groups excluding tert-OH is 1. The van der Waals surface area contributed by atoms with Crippen LogP contribution in [0.5, 0.6) is 0 Å². The number of aromatic nitrogens is 1. The molecule has 6 heteroatoms. The third kappa shape index (κ3) is 3.30. The molecule has 2 rings (SSSR count). The molecule has 2 N–H and O–H groups in total. The van der Waals surface area contributed by atoms with Gasteiger partial charge in [-0.1, -0.05) is 5.16 Å². The number of nitrogens with zero attached hydrogens (tertiary/aromatic N) is 2. The number of hydrogen-bond donors (Lipinski definition) is 2. The van der Waals surface area contributed by atoms with Crippen LogP contribution in [0.3, 0.4) is 0 Å². The Morgan fingerprint density at radius 1 is 1.78 bits per heavy atom. The van der Waals surface area contributed by atoms with Gasteiger partial charge >= 0.3 is 0 Å². The maximum absolute atomic E-state index is 11.8. The number of hydrogen-bond acceptors (Lipinski definition) is 5. The molecule has 0 saturated carbocycles. The highest BCUT2D eigenvalue weighted by molar-refractivity contribution is 5.91. The second-order valence-corrected chi connectivity index (χ2v) is 4.90. The summed E-state index contributed by atoms with van der Waals surface area (Å²) in [4.78, 5) is 13.8. The number of carbonyl (C=O) groups is 1. The van der Waals surface area contributed by atoms with E-state index in [4.69, 9.17) is 4.52 Å². The molecular weight excluding hydrogens is 234 g/mol. The summed E-state index contributed by atoms with van der Waals surface area (Å²) >= 11 is 0. The Bertz CT molecular complexity index is 416. The lowest BCUT2D eigenvalue weighted by atomic mass is 10.0. The van der Waals surface area contributed by atoms with Gasteiger partial charge in [0.1, 0.15) is 5.76 Å². The number of aliphatic hydroxyl groups is 1. The Morgan fingerprint density at radius 3 is 3.11 bits per heavy atom. The summed E-state index contributed by atoms with van der Waals surface area (Å²) in [5, 5.41) is 15.9. The second kappa shape index (κ2) is 5.49. The highest BCUT2D eigenvalue weighted by atomic mass is 16.5. The van der Waals surface area contributed by atoms with Gasteiger partial charge < -0.3 is 14.9 Å². The molecule has 1 fully saturated rings. The zero-order valence-electron chi connectivity index (χ0n) is 10.7. The summed E-state index contributed by atoms with van der Waals surface area (Å²) in [5.41, 5.74) is 0. The van der Waals surface area contributed by atoms with Crippen LogP contribution in [0.25, 0.3) is 0 Å². The smallest absolute Gasteiger partial charge is 0.239 e. The summed E-state index contributed by atoms with van der Waals surface area (Å²) in [6, 6.07) is 1.68. The number of aryl methyl sites for hydroxylation is 1. The molecule has 1 aliphatic heterocycles. The van der Waals surface area contributed by atoms with E-state index in [2.05, 4.69) is 10.5 Å². The summed E-state index contributed by atoms with van der Waals surface area (Å²) in [7, 11) is 0. The van der Waals surface area contributed by atoms with Gasteiger partial charge in [0.2, 0.25) is 5.91 Å². The molecule has 1 aromatic heterocycles. The van der Waals surface area contributed by atoms with E-state index in [-0.39, 0.29) is 17.9 Å². The fourth-order valence-corrected chi connectivity index (χ4v) is 2.21.